The van der Waals surface area contributed by atoms with Crippen LogP contribution in [0.5, 0.6) is 5.75 Å². The molecule has 0 unspecified atom stereocenters. The molecule has 1 amide bonds. The molecule has 32 heavy (non-hydrogen) atoms. The predicted octanol–water partition coefficient (Wildman–Crippen LogP) is 5.04. The average molecular weight is 462 g/mol. The first kappa shape index (κ1) is 20.2. The number of ether oxygens (including phenoxy) is 1. The molecule has 0 atom stereocenters. The number of hydrogen-bond donors (Lipinski definition) is 2. The summed E-state index contributed by atoms with van der Waals surface area (Å²) in [5, 5.41) is 15.0. The van der Waals surface area contributed by atoms with E-state index in [1.165, 1.54) is 4.68 Å². The number of halogens is 1. The molecule has 0 spiro atoms. The minimum atomic E-state index is -0.288. The number of hydrogen-bond acceptors (Lipinski definition) is 5. The van der Waals surface area contributed by atoms with Crippen LogP contribution in [0.1, 0.15) is 11.1 Å². The van der Waals surface area contributed by atoms with Gasteiger partial charge in [0.25, 0.3) is 5.91 Å². The number of aromatic amines is 1. The lowest BCUT2D eigenvalue weighted by molar-refractivity contribution is -0.110. The third-order valence-electron chi connectivity index (χ3n) is 4.96. The highest BCUT2D eigenvalue weighted by Gasteiger charge is 2.26. The molecule has 1 aliphatic rings. The van der Waals surface area contributed by atoms with Crippen LogP contribution < -0.4 is 10.1 Å². The molecule has 0 saturated heterocycles. The Hall–Kier alpha value is -3.75. The van der Waals surface area contributed by atoms with E-state index in [0.717, 1.165) is 16.7 Å². The highest BCUT2D eigenvalue weighted by atomic mass is 35.5. The first-order valence-electron chi connectivity index (χ1n) is 9.74. The monoisotopic (exact) mass is 461 g/mol. The van der Waals surface area contributed by atoms with Crippen molar-refractivity contribution in [3.05, 3.63) is 93.7 Å². The van der Waals surface area contributed by atoms with Crippen molar-refractivity contribution < 1.29 is 9.53 Å². The lowest BCUT2D eigenvalue weighted by atomic mass is 10.1. The Morgan fingerprint density at radius 3 is 2.59 bits per heavy atom. The Kier molecular flexibility index (Phi) is 5.30. The Bertz CT molecular complexity index is 1410. The molecule has 0 saturated carbocycles. The van der Waals surface area contributed by atoms with Gasteiger partial charge in [-0.05, 0) is 48.6 Å². The maximum atomic E-state index is 12.4. The second kappa shape index (κ2) is 8.41. The van der Waals surface area contributed by atoms with Crippen LogP contribution in [0.2, 0.25) is 5.02 Å². The van der Waals surface area contributed by atoms with Gasteiger partial charge in [0.05, 0.1) is 5.69 Å². The smallest absolute Gasteiger partial charge is 0.276 e. The molecule has 4 aromatic rings. The fraction of sp³-hybridized carbons (Fsp3) is 0.0435. The minimum absolute atomic E-state index is 0.277. The number of nitrogens with one attached hydrogen (secondary N) is 2. The second-order valence-electron chi connectivity index (χ2n) is 7.02. The summed E-state index contributed by atoms with van der Waals surface area (Å²) >= 11 is 11.5. The van der Waals surface area contributed by atoms with Gasteiger partial charge in [-0.3, -0.25) is 4.79 Å². The highest BCUT2D eigenvalue weighted by Crippen LogP contribution is 2.26. The summed E-state index contributed by atoms with van der Waals surface area (Å²) in [5.74, 6) is 0.880. The van der Waals surface area contributed by atoms with Crippen LogP contribution >= 0.6 is 23.8 Å². The van der Waals surface area contributed by atoms with Crippen LogP contribution in [-0.4, -0.2) is 26.5 Å². The predicted molar refractivity (Wildman–Crippen MR) is 126 cm³/mol. The van der Waals surface area contributed by atoms with Crippen LogP contribution in [-0.2, 0) is 11.4 Å². The van der Waals surface area contributed by atoms with E-state index in [-0.39, 0.29) is 16.4 Å². The van der Waals surface area contributed by atoms with Gasteiger partial charge in [-0.15, -0.1) is 0 Å². The Morgan fingerprint density at radius 2 is 1.78 bits per heavy atom. The molecule has 3 aromatic carbocycles. The molecular formula is C23H16ClN5O2S. The van der Waals surface area contributed by atoms with Crippen molar-refractivity contribution in [3.8, 4) is 17.1 Å². The standard InChI is InChI=1S/C23H16ClN5O2S/c24-18-7-3-1-5-15(18)13-31-16-11-9-14(10-12-16)21-26-27-23(32)29(21)28-20-17-6-2-4-8-19(17)25-22(20)30/h1-12H,13H2,(H,27,32)(H,25,28,30). The topological polar surface area (TPSA) is 84.3 Å². The van der Waals surface area contributed by atoms with Gasteiger partial charge in [-0.1, -0.05) is 48.0 Å². The van der Waals surface area contributed by atoms with E-state index in [4.69, 9.17) is 28.6 Å². The van der Waals surface area contributed by atoms with Crippen LogP contribution in [0.15, 0.2) is 77.9 Å². The summed E-state index contributed by atoms with van der Waals surface area (Å²) < 4.78 is 7.57. The van der Waals surface area contributed by atoms with Gasteiger partial charge in [0.1, 0.15) is 12.4 Å². The quantitative estimate of drug-likeness (QED) is 0.407. The van der Waals surface area contributed by atoms with Crippen LogP contribution in [0, 0.1) is 4.77 Å². The largest absolute Gasteiger partial charge is 0.489 e. The van der Waals surface area contributed by atoms with Crippen LogP contribution in [0.4, 0.5) is 5.69 Å². The molecule has 1 aliphatic heterocycles. The number of para-hydroxylation sites is 1. The molecule has 2 N–H and O–H groups in total. The molecule has 0 radical (unpaired) electrons. The summed E-state index contributed by atoms with van der Waals surface area (Å²) in [5.41, 5.74) is 3.38. The Morgan fingerprint density at radius 1 is 1.03 bits per heavy atom. The average Bonchev–Trinajstić information content (AvgIpc) is 3.33. The fourth-order valence-electron chi connectivity index (χ4n) is 3.35. The van der Waals surface area contributed by atoms with Crippen molar-refractivity contribution >= 4 is 41.1 Å². The van der Waals surface area contributed by atoms with Crippen molar-refractivity contribution in [1.29, 1.82) is 0 Å². The number of aromatic nitrogens is 3. The van der Waals surface area contributed by atoms with Gasteiger partial charge in [0, 0.05) is 21.7 Å². The second-order valence-corrected chi connectivity index (χ2v) is 7.81. The summed E-state index contributed by atoms with van der Waals surface area (Å²) in [6.45, 7) is 0.361. The number of amides is 1. The van der Waals surface area contributed by atoms with E-state index in [1.54, 1.807) is 0 Å². The Labute approximate surface area is 193 Å². The van der Waals surface area contributed by atoms with E-state index in [1.807, 2.05) is 72.8 Å². The summed E-state index contributed by atoms with van der Waals surface area (Å²) in [4.78, 5) is 12.4. The molecule has 9 heteroatoms. The van der Waals surface area contributed by atoms with Gasteiger partial charge in [0.15, 0.2) is 11.5 Å². The van der Waals surface area contributed by atoms with E-state index in [0.29, 0.717) is 28.9 Å². The molecule has 5 rings (SSSR count). The summed E-state index contributed by atoms with van der Waals surface area (Å²) in [6, 6.07) is 22.3. The minimum Gasteiger partial charge on any atom is -0.489 e. The number of rotatable bonds is 5. The van der Waals surface area contributed by atoms with Gasteiger partial charge in [-0.25, -0.2) is 5.10 Å². The summed E-state index contributed by atoms with van der Waals surface area (Å²) in [7, 11) is 0. The van der Waals surface area contributed by atoms with Gasteiger partial charge >= 0.3 is 0 Å². The highest BCUT2D eigenvalue weighted by molar-refractivity contribution is 7.71. The van der Waals surface area contributed by atoms with Crippen LogP contribution in [0.3, 0.4) is 0 Å². The SMILES string of the molecule is O=C1Nc2ccccc2/C1=N\n1c(-c2ccc(OCc3ccccc3Cl)cc2)n[nH]c1=S. The van der Waals surface area contributed by atoms with Crippen molar-refractivity contribution in [3.63, 3.8) is 0 Å². The van der Waals surface area contributed by atoms with E-state index >= 15 is 0 Å². The first-order chi connectivity index (χ1) is 15.6. The summed E-state index contributed by atoms with van der Waals surface area (Å²) in [6.07, 6.45) is 0. The molecule has 0 fully saturated rings. The van der Waals surface area contributed by atoms with E-state index in [2.05, 4.69) is 20.6 Å². The lowest BCUT2D eigenvalue weighted by Crippen LogP contribution is -2.16. The molecule has 1 aromatic heterocycles. The maximum absolute atomic E-state index is 12.4. The number of anilines is 1. The molecule has 158 valence electrons. The van der Waals surface area contributed by atoms with Crippen molar-refractivity contribution in [2.24, 2.45) is 5.10 Å². The number of benzene rings is 3. The van der Waals surface area contributed by atoms with E-state index < -0.39 is 0 Å². The first-order valence-corrected chi connectivity index (χ1v) is 10.5. The normalized spacial score (nSPS) is 13.8. The lowest BCUT2D eigenvalue weighted by Gasteiger charge is -2.08. The molecule has 7 nitrogen and oxygen atoms in total. The zero-order chi connectivity index (χ0) is 22.1. The molecule has 0 bridgehead atoms. The number of H-pyrrole nitrogens is 1. The van der Waals surface area contributed by atoms with E-state index in [9.17, 15) is 4.79 Å². The van der Waals surface area contributed by atoms with Crippen LogP contribution in [0.25, 0.3) is 11.4 Å². The maximum Gasteiger partial charge on any atom is 0.276 e. The van der Waals surface area contributed by atoms with Crippen molar-refractivity contribution in [2.75, 3.05) is 5.32 Å². The fourth-order valence-corrected chi connectivity index (χ4v) is 3.71. The van der Waals surface area contributed by atoms with Crippen molar-refractivity contribution in [2.45, 2.75) is 6.61 Å². The zero-order valence-corrected chi connectivity index (χ0v) is 18.2. The number of nitrogens with zero attached hydrogens (tertiary/aromatic N) is 3. The zero-order valence-electron chi connectivity index (χ0n) is 16.6. The number of fused-ring (bicyclic) bond motifs is 1. The third-order valence-corrected chi connectivity index (χ3v) is 5.59. The number of carbonyl (C=O) groups is 1. The van der Waals surface area contributed by atoms with Gasteiger partial charge < -0.3 is 10.1 Å². The molecule has 0 aliphatic carbocycles. The third kappa shape index (κ3) is 3.81. The molecule has 2 heterocycles. The van der Waals surface area contributed by atoms with Gasteiger partial charge in [-0.2, -0.15) is 14.9 Å². The van der Waals surface area contributed by atoms with Gasteiger partial charge in [0.2, 0.25) is 4.77 Å². The Balaban J connectivity index is 1.42. The van der Waals surface area contributed by atoms with Crippen molar-refractivity contribution in [1.82, 2.24) is 14.9 Å². The number of carbonyl (C=O) groups excluding carboxylic acids is 1. The molecular weight excluding hydrogens is 446 g/mol.